The standard InChI is InChI=1S/C32H36B2N4.4C4H8O.4Li/c1-21-13-9-14-22(2)29(21)35-33(36-30-23(3)15-10-16-24(30)4)34(37-31-25(5)17-11-18-26(31)6)38-32-27(7)19-12-20-28(32)8;4*1-2-4-5-3-1;;;;/h9-20H,1-8H3;4*1-4H2;;;;/q-4;;;;;4*+1. The van der Waals surface area contributed by atoms with Crippen LogP contribution in [0.1, 0.15) is 95.9 Å². The van der Waals surface area contributed by atoms with E-state index >= 15 is 0 Å². The second-order valence-corrected chi connectivity index (χ2v) is 15.6. The molecule has 4 aliphatic heterocycles. The van der Waals surface area contributed by atoms with Crippen molar-refractivity contribution in [3.63, 3.8) is 0 Å². The van der Waals surface area contributed by atoms with Crippen LogP contribution in [0.2, 0.25) is 0 Å². The first kappa shape index (κ1) is 60.4. The number of nitrogens with zero attached hydrogens (tertiary/aromatic N) is 4. The Morgan fingerprint density at radius 2 is 0.435 bits per heavy atom. The van der Waals surface area contributed by atoms with E-state index < -0.39 is 13.7 Å². The van der Waals surface area contributed by atoms with Gasteiger partial charge < -0.3 is 39.9 Å². The van der Waals surface area contributed by atoms with Crippen molar-refractivity contribution in [2.75, 3.05) is 52.9 Å². The van der Waals surface area contributed by atoms with E-state index in [2.05, 4.69) is 128 Å². The summed E-state index contributed by atoms with van der Waals surface area (Å²) in [5.41, 5.74) is 12.7. The molecule has 4 heterocycles. The summed E-state index contributed by atoms with van der Waals surface area (Å²) in [7, 11) is 0. The van der Waals surface area contributed by atoms with Gasteiger partial charge in [-0.15, -0.1) is 22.7 Å². The molecule has 0 amide bonds. The van der Waals surface area contributed by atoms with Crippen molar-refractivity contribution in [3.05, 3.63) is 138 Å². The van der Waals surface area contributed by atoms with Gasteiger partial charge in [-0.1, -0.05) is 117 Å². The zero-order valence-electron chi connectivity index (χ0n) is 40.8. The van der Waals surface area contributed by atoms with Gasteiger partial charge in [0.2, 0.25) is 0 Å². The summed E-state index contributed by atoms with van der Waals surface area (Å²) in [5.74, 6) is 0. The number of ether oxygens (including phenoxy) is 4. The van der Waals surface area contributed by atoms with E-state index in [4.69, 9.17) is 39.9 Å². The topological polar surface area (TPSA) is 93.3 Å². The van der Waals surface area contributed by atoms with Crippen LogP contribution in [0.4, 0.5) is 22.7 Å². The second kappa shape index (κ2) is 34.7. The predicted octanol–water partition coefficient (Wildman–Crippen LogP) is 1.53. The molecule has 0 radical (unpaired) electrons. The smallest absolute Gasteiger partial charge is 0.729 e. The molecule has 8 rings (SSSR count). The normalized spacial score (nSPS) is 14.3. The molecule has 4 aromatic rings. The van der Waals surface area contributed by atoms with E-state index in [0.29, 0.717) is 0 Å². The summed E-state index contributed by atoms with van der Waals surface area (Å²) >= 11 is 0. The fourth-order valence-electron chi connectivity index (χ4n) is 6.93. The van der Waals surface area contributed by atoms with Crippen molar-refractivity contribution < 1.29 is 94.4 Å². The van der Waals surface area contributed by atoms with Crippen molar-refractivity contribution in [1.82, 2.24) is 0 Å². The molecule has 4 aliphatic rings. The van der Waals surface area contributed by atoms with Crippen LogP contribution in [0.15, 0.2) is 72.8 Å². The van der Waals surface area contributed by atoms with Crippen LogP contribution in [-0.2, 0) is 18.9 Å². The van der Waals surface area contributed by atoms with E-state index in [0.717, 1.165) is 120 Å². The SMILES string of the molecule is C1CCOC1.C1CCOC1.C1CCOC1.C1CCOC1.Cc1cccc(C)c1[N-]B([N-]c1c(C)cccc1C)B([N-]c1c(C)cccc1C)[N-]c1c(C)cccc1C.[Li+].[Li+].[Li+].[Li+]. The van der Waals surface area contributed by atoms with Gasteiger partial charge in [-0.3, -0.25) is 0 Å². The Balaban J connectivity index is 0.00000126. The molecule has 4 fully saturated rings. The monoisotopic (exact) mass is 815 g/mol. The Morgan fingerprint density at radius 1 is 0.290 bits per heavy atom. The molecule has 4 aromatic carbocycles. The summed E-state index contributed by atoms with van der Waals surface area (Å²) in [6, 6.07) is 25.1. The third kappa shape index (κ3) is 21.6. The Labute approximate surface area is 425 Å². The minimum Gasteiger partial charge on any atom is -0.729 e. The molecule has 0 atom stereocenters. The number of hydrogen-bond acceptors (Lipinski definition) is 4. The van der Waals surface area contributed by atoms with Crippen LogP contribution in [0, 0.1) is 55.4 Å². The van der Waals surface area contributed by atoms with Crippen LogP contribution in [-0.4, -0.2) is 66.6 Å². The van der Waals surface area contributed by atoms with Crippen LogP contribution in [0.3, 0.4) is 0 Å². The van der Waals surface area contributed by atoms with Crippen LogP contribution >= 0.6 is 0 Å². The van der Waals surface area contributed by atoms with Crippen LogP contribution in [0.25, 0.3) is 20.9 Å². The van der Waals surface area contributed by atoms with Gasteiger partial charge in [0, 0.05) is 52.9 Å². The van der Waals surface area contributed by atoms with Gasteiger partial charge in [-0.25, -0.2) is 0 Å². The first-order chi connectivity index (χ1) is 28.2. The molecule has 4 saturated heterocycles. The summed E-state index contributed by atoms with van der Waals surface area (Å²) in [6.45, 7) is 23.7. The fraction of sp³-hybridized carbons (Fsp3) is 0.500. The predicted molar refractivity (Wildman–Crippen MR) is 247 cm³/mol. The van der Waals surface area contributed by atoms with Gasteiger partial charge in [0.05, 0.1) is 0 Å². The molecule has 62 heavy (non-hydrogen) atoms. The molecule has 0 saturated carbocycles. The molecule has 0 aliphatic carbocycles. The largest absolute Gasteiger partial charge is 1.00 e. The molecular weight excluding hydrogens is 746 g/mol. The molecule has 8 nitrogen and oxygen atoms in total. The molecule has 0 aromatic heterocycles. The quantitative estimate of drug-likeness (QED) is 0.240. The van der Waals surface area contributed by atoms with Gasteiger partial charge >= 0.3 is 75.4 Å². The van der Waals surface area contributed by atoms with Crippen molar-refractivity contribution in [3.8, 4) is 0 Å². The van der Waals surface area contributed by atoms with E-state index in [-0.39, 0.29) is 75.4 Å². The minimum atomic E-state index is -0.549. The number of hydrogen-bond donors (Lipinski definition) is 0. The van der Waals surface area contributed by atoms with Crippen molar-refractivity contribution >= 4 is 36.5 Å². The Bertz CT molecular complexity index is 1430. The van der Waals surface area contributed by atoms with Crippen LogP contribution in [0.5, 0.6) is 0 Å². The second-order valence-electron chi connectivity index (χ2n) is 15.6. The minimum absolute atomic E-state index is 0. The van der Waals surface area contributed by atoms with Crippen molar-refractivity contribution in [2.24, 2.45) is 0 Å². The molecule has 0 bridgehead atoms. The zero-order chi connectivity index (χ0) is 41.5. The van der Waals surface area contributed by atoms with Crippen molar-refractivity contribution in [2.45, 2.75) is 107 Å². The maximum absolute atomic E-state index is 5.29. The molecule has 14 heteroatoms. The average molecular weight is 814 g/mol. The van der Waals surface area contributed by atoms with Gasteiger partial charge in [0.25, 0.3) is 0 Å². The third-order valence-electron chi connectivity index (χ3n) is 10.4. The van der Waals surface area contributed by atoms with Gasteiger partial charge in [0.1, 0.15) is 0 Å². The molecule has 314 valence electrons. The number of benzene rings is 4. The maximum Gasteiger partial charge on any atom is 1.00 e. The van der Waals surface area contributed by atoms with Crippen molar-refractivity contribution in [1.29, 1.82) is 0 Å². The summed E-state index contributed by atoms with van der Waals surface area (Å²) in [4.78, 5) is 0. The summed E-state index contributed by atoms with van der Waals surface area (Å²) in [5, 5.41) is 21.2. The maximum atomic E-state index is 5.29. The third-order valence-corrected chi connectivity index (χ3v) is 10.4. The van der Waals surface area contributed by atoms with E-state index in [9.17, 15) is 0 Å². The number of rotatable bonds is 9. The Kier molecular flexibility index (Phi) is 33.9. The molecule has 0 unspecified atom stereocenters. The van der Waals surface area contributed by atoms with Gasteiger partial charge in [0.15, 0.2) is 0 Å². The molecular formula is C48H68B2Li4N4O4. The van der Waals surface area contributed by atoms with E-state index in [1.54, 1.807) is 0 Å². The van der Waals surface area contributed by atoms with Crippen LogP contribution < -0.4 is 75.4 Å². The van der Waals surface area contributed by atoms with E-state index in [1.807, 2.05) is 0 Å². The Hall–Kier alpha value is -1.56. The summed E-state index contributed by atoms with van der Waals surface area (Å²) < 4.78 is 19.8. The van der Waals surface area contributed by atoms with Gasteiger partial charge in [-0.05, 0) is 107 Å². The molecule has 0 N–H and O–H groups in total. The number of aryl methyl sites for hydroxylation is 8. The fourth-order valence-corrected chi connectivity index (χ4v) is 6.93. The first-order valence-corrected chi connectivity index (χ1v) is 21.5. The van der Waals surface area contributed by atoms with E-state index in [1.165, 1.54) is 51.4 Å². The molecule has 0 spiro atoms. The Morgan fingerprint density at radius 3 is 0.548 bits per heavy atom. The summed E-state index contributed by atoms with van der Waals surface area (Å²) in [6.07, 6.45) is 10.2. The first-order valence-electron chi connectivity index (χ1n) is 21.5. The van der Waals surface area contributed by atoms with Gasteiger partial charge in [-0.2, -0.15) is 13.7 Å². The zero-order valence-corrected chi connectivity index (χ0v) is 40.8. The average Bonchev–Trinajstić information content (AvgIpc) is 4.06.